The number of carbonyl (C=O) groups is 3. The summed E-state index contributed by atoms with van der Waals surface area (Å²) in [5, 5.41) is 0. The van der Waals surface area contributed by atoms with Crippen LogP contribution in [-0.2, 0) is 19.1 Å². The van der Waals surface area contributed by atoms with Crippen LogP contribution in [0, 0.1) is 17.8 Å². The van der Waals surface area contributed by atoms with Crippen LogP contribution < -0.4 is 0 Å². The summed E-state index contributed by atoms with van der Waals surface area (Å²) >= 11 is 0. The van der Waals surface area contributed by atoms with Crippen LogP contribution >= 0.6 is 0 Å². The maximum atomic E-state index is 12.6. The summed E-state index contributed by atoms with van der Waals surface area (Å²) in [6.07, 6.45) is 8.78. The molecule has 0 heterocycles. The Morgan fingerprint density at radius 1 is 1.14 bits per heavy atom. The second kappa shape index (κ2) is 7.71. The van der Waals surface area contributed by atoms with Crippen LogP contribution in [-0.4, -0.2) is 24.6 Å². The minimum Gasteiger partial charge on any atom is -0.468 e. The lowest BCUT2D eigenvalue weighted by Crippen LogP contribution is -2.36. The quantitative estimate of drug-likeness (QED) is 0.577. The smallest absolute Gasteiger partial charge is 0.316 e. The van der Waals surface area contributed by atoms with Crippen molar-refractivity contribution in [2.24, 2.45) is 17.8 Å². The number of Topliss-reactive ketones (excluding diaryl/α,β-unsaturated/α-hetero) is 2. The average molecular weight is 294 g/mol. The van der Waals surface area contributed by atoms with Crippen molar-refractivity contribution < 1.29 is 19.1 Å². The van der Waals surface area contributed by atoms with Crippen molar-refractivity contribution in [2.75, 3.05) is 7.11 Å². The molecule has 0 aliphatic heterocycles. The highest BCUT2D eigenvalue weighted by atomic mass is 16.5. The van der Waals surface area contributed by atoms with E-state index in [9.17, 15) is 14.4 Å². The highest BCUT2D eigenvalue weighted by Crippen LogP contribution is 2.33. The van der Waals surface area contributed by atoms with E-state index in [0.29, 0.717) is 25.2 Å². The Morgan fingerprint density at radius 3 is 2.48 bits per heavy atom. The molecule has 0 aromatic carbocycles. The van der Waals surface area contributed by atoms with Gasteiger partial charge in [0.1, 0.15) is 17.5 Å². The topological polar surface area (TPSA) is 60.4 Å². The Hall–Kier alpha value is -1.19. The van der Waals surface area contributed by atoms with Crippen molar-refractivity contribution in [3.8, 4) is 0 Å². The summed E-state index contributed by atoms with van der Waals surface area (Å²) in [7, 11) is 1.33. The molecule has 2 atom stereocenters. The largest absolute Gasteiger partial charge is 0.468 e. The number of hydrogen-bond donors (Lipinski definition) is 0. The molecule has 2 rings (SSSR count). The number of ketones is 2. The lowest BCUT2D eigenvalue weighted by atomic mass is 9.74. The fourth-order valence-electron chi connectivity index (χ4n) is 3.86. The number of ether oxygens (including phenoxy) is 1. The fraction of sp³-hybridized carbons (Fsp3) is 0.824. The fourth-order valence-corrected chi connectivity index (χ4v) is 3.86. The molecule has 2 aliphatic rings. The molecular weight excluding hydrogens is 268 g/mol. The first kappa shape index (κ1) is 16.2. The third-order valence-electron chi connectivity index (χ3n) is 5.01. The molecular formula is C17H26O4. The minimum absolute atomic E-state index is 0.00606. The van der Waals surface area contributed by atoms with Gasteiger partial charge in [-0.2, -0.15) is 0 Å². The highest BCUT2D eigenvalue weighted by molar-refractivity contribution is 6.00. The number of rotatable bonds is 5. The first-order valence-corrected chi connectivity index (χ1v) is 8.24. The van der Waals surface area contributed by atoms with Crippen molar-refractivity contribution in [3.63, 3.8) is 0 Å². The number of carbonyl (C=O) groups excluding carboxylic acids is 3. The van der Waals surface area contributed by atoms with E-state index in [1.807, 2.05) is 0 Å². The van der Waals surface area contributed by atoms with Gasteiger partial charge in [-0.3, -0.25) is 14.4 Å². The number of hydrogen-bond acceptors (Lipinski definition) is 4. The third-order valence-corrected chi connectivity index (χ3v) is 5.01. The summed E-state index contributed by atoms with van der Waals surface area (Å²) in [5.41, 5.74) is 0. The van der Waals surface area contributed by atoms with Gasteiger partial charge in [0.15, 0.2) is 0 Å². The zero-order valence-corrected chi connectivity index (χ0v) is 12.9. The first-order valence-electron chi connectivity index (χ1n) is 8.24. The monoisotopic (exact) mass is 294 g/mol. The molecule has 2 saturated carbocycles. The second-order valence-corrected chi connectivity index (χ2v) is 6.57. The van der Waals surface area contributed by atoms with E-state index in [0.717, 1.165) is 25.7 Å². The molecule has 21 heavy (non-hydrogen) atoms. The van der Waals surface area contributed by atoms with Gasteiger partial charge in [0.25, 0.3) is 0 Å². The minimum atomic E-state index is -0.721. The maximum absolute atomic E-state index is 12.6. The highest BCUT2D eigenvalue weighted by Gasteiger charge is 2.38. The molecule has 0 amide bonds. The van der Waals surface area contributed by atoms with Crippen LogP contribution in [0.4, 0.5) is 0 Å². The SMILES string of the molecule is COC(=O)C(C(=O)CC1CCCCC1)[C@H]1CCCC(=O)C1. The molecule has 4 nitrogen and oxygen atoms in total. The Morgan fingerprint density at radius 2 is 1.86 bits per heavy atom. The molecule has 0 saturated heterocycles. The summed E-state index contributed by atoms with van der Waals surface area (Å²) in [6, 6.07) is 0. The van der Waals surface area contributed by atoms with E-state index in [4.69, 9.17) is 4.74 Å². The molecule has 0 bridgehead atoms. The van der Waals surface area contributed by atoms with Crippen molar-refractivity contribution in [1.29, 1.82) is 0 Å². The summed E-state index contributed by atoms with van der Waals surface area (Å²) < 4.78 is 4.84. The number of esters is 1. The van der Waals surface area contributed by atoms with Gasteiger partial charge < -0.3 is 4.74 Å². The maximum Gasteiger partial charge on any atom is 0.316 e. The van der Waals surface area contributed by atoms with Crippen molar-refractivity contribution in [3.05, 3.63) is 0 Å². The Kier molecular flexibility index (Phi) is 5.95. The Labute approximate surface area is 126 Å². The summed E-state index contributed by atoms with van der Waals surface area (Å²) in [4.78, 5) is 36.3. The molecule has 0 spiro atoms. The molecule has 0 aromatic rings. The van der Waals surface area contributed by atoms with Crippen molar-refractivity contribution >= 4 is 17.5 Å². The Balaban J connectivity index is 2.01. The van der Waals surface area contributed by atoms with Crippen molar-refractivity contribution in [2.45, 2.75) is 64.2 Å². The van der Waals surface area contributed by atoms with Gasteiger partial charge in [-0.25, -0.2) is 0 Å². The first-order chi connectivity index (χ1) is 10.1. The van der Waals surface area contributed by atoms with Gasteiger partial charge in [0, 0.05) is 19.3 Å². The van der Waals surface area contributed by atoms with E-state index in [-0.39, 0.29) is 17.5 Å². The zero-order chi connectivity index (χ0) is 15.2. The third kappa shape index (κ3) is 4.39. The molecule has 0 radical (unpaired) electrons. The van der Waals surface area contributed by atoms with Crippen LogP contribution in [0.3, 0.4) is 0 Å². The van der Waals surface area contributed by atoms with Gasteiger partial charge in [-0.1, -0.05) is 32.1 Å². The standard InChI is InChI=1S/C17H26O4/c1-21-17(20)16(13-8-5-9-14(18)11-13)15(19)10-12-6-3-2-4-7-12/h12-13,16H,2-11H2,1H3/t13-,16?/m0/s1. The lowest BCUT2D eigenvalue weighted by Gasteiger charge is -2.28. The van der Waals surface area contributed by atoms with Crippen LogP contribution in [0.1, 0.15) is 64.2 Å². The molecule has 4 heteroatoms. The van der Waals surface area contributed by atoms with Gasteiger partial charge in [-0.15, -0.1) is 0 Å². The van der Waals surface area contributed by atoms with Crippen molar-refractivity contribution in [1.82, 2.24) is 0 Å². The predicted octanol–water partition coefficient (Wildman–Crippen LogP) is 3.07. The average Bonchev–Trinajstić information content (AvgIpc) is 2.48. The molecule has 0 N–H and O–H groups in total. The molecule has 0 aromatic heterocycles. The normalized spacial score (nSPS) is 25.4. The Bertz CT molecular complexity index is 396. The van der Waals surface area contributed by atoms with E-state index >= 15 is 0 Å². The van der Waals surface area contributed by atoms with E-state index in [2.05, 4.69) is 0 Å². The summed E-state index contributed by atoms with van der Waals surface area (Å²) in [6.45, 7) is 0. The molecule has 2 fully saturated rings. The van der Waals surface area contributed by atoms with Crippen LogP contribution in [0.2, 0.25) is 0 Å². The molecule has 118 valence electrons. The zero-order valence-electron chi connectivity index (χ0n) is 12.9. The van der Waals surface area contributed by atoms with Crippen LogP contribution in [0.5, 0.6) is 0 Å². The lowest BCUT2D eigenvalue weighted by molar-refractivity contribution is -0.153. The van der Waals surface area contributed by atoms with Gasteiger partial charge >= 0.3 is 5.97 Å². The van der Waals surface area contributed by atoms with Crippen LogP contribution in [0.25, 0.3) is 0 Å². The van der Waals surface area contributed by atoms with E-state index in [1.54, 1.807) is 0 Å². The molecule has 1 unspecified atom stereocenters. The second-order valence-electron chi connectivity index (χ2n) is 6.57. The van der Waals surface area contributed by atoms with Crippen LogP contribution in [0.15, 0.2) is 0 Å². The van der Waals surface area contributed by atoms with E-state index in [1.165, 1.54) is 26.4 Å². The predicted molar refractivity (Wildman–Crippen MR) is 78.7 cm³/mol. The van der Waals surface area contributed by atoms with Gasteiger partial charge in [-0.05, 0) is 24.7 Å². The van der Waals surface area contributed by atoms with E-state index < -0.39 is 11.9 Å². The summed E-state index contributed by atoms with van der Waals surface area (Å²) in [5.74, 6) is -0.733. The number of methoxy groups -OCH3 is 1. The van der Waals surface area contributed by atoms with Gasteiger partial charge in [0.05, 0.1) is 7.11 Å². The van der Waals surface area contributed by atoms with Gasteiger partial charge in [0.2, 0.25) is 0 Å². The molecule has 2 aliphatic carbocycles.